The predicted molar refractivity (Wildman–Crippen MR) is 76.4 cm³/mol. The van der Waals surface area contributed by atoms with Gasteiger partial charge in [0.25, 0.3) is 0 Å². The first-order chi connectivity index (χ1) is 8.93. The maximum atomic E-state index is 4.53. The Labute approximate surface area is 117 Å². The Morgan fingerprint density at radius 1 is 1.11 bits per heavy atom. The molecule has 2 aliphatic heterocycles. The number of hydrogen-bond acceptors (Lipinski definition) is 4. The zero-order valence-corrected chi connectivity index (χ0v) is 11.0. The van der Waals surface area contributed by atoms with Crippen molar-refractivity contribution in [2.24, 2.45) is 4.99 Å². The molecule has 2 aliphatic rings. The molecule has 19 heavy (non-hydrogen) atoms. The smallest absolute Gasteiger partial charge is 0.159 e. The molecule has 3 heterocycles. The van der Waals surface area contributed by atoms with E-state index in [2.05, 4.69) is 38.5 Å². The van der Waals surface area contributed by atoms with Gasteiger partial charge in [-0.05, 0) is 11.6 Å². The van der Waals surface area contributed by atoms with Crippen LogP contribution >= 0.6 is 12.4 Å². The van der Waals surface area contributed by atoms with Gasteiger partial charge >= 0.3 is 0 Å². The molecule has 1 aromatic carbocycles. The van der Waals surface area contributed by atoms with E-state index in [1.807, 2.05) is 12.3 Å². The third-order valence-electron chi connectivity index (χ3n) is 3.55. The molecule has 0 saturated carbocycles. The average Bonchev–Trinajstić information content (AvgIpc) is 2.71. The van der Waals surface area contributed by atoms with Crippen LogP contribution in [0.5, 0.6) is 0 Å². The van der Waals surface area contributed by atoms with Crippen LogP contribution in [-0.4, -0.2) is 16.2 Å². The lowest BCUT2D eigenvalue weighted by Crippen LogP contribution is -2.20. The van der Waals surface area contributed by atoms with Crippen LogP contribution in [0.4, 0.5) is 0 Å². The standard InChI is InChI=1S/C14H12N4.ClH/c1-3-9-11-5-8-17-14(18-11)12(9)10(4-1)13-15-6-2-7-16-13;/h1-4,6-8,11,14,18H,5H2;1H. The van der Waals surface area contributed by atoms with Crippen LogP contribution in [0.1, 0.15) is 29.8 Å². The monoisotopic (exact) mass is 272 g/mol. The maximum absolute atomic E-state index is 4.53. The van der Waals surface area contributed by atoms with Crippen LogP contribution in [0.3, 0.4) is 0 Å². The van der Waals surface area contributed by atoms with Gasteiger partial charge in [-0.25, -0.2) is 9.97 Å². The summed E-state index contributed by atoms with van der Waals surface area (Å²) in [6.45, 7) is 0. The van der Waals surface area contributed by atoms with Gasteiger partial charge in [-0.2, -0.15) is 0 Å². The van der Waals surface area contributed by atoms with Crippen LogP contribution in [0.15, 0.2) is 41.7 Å². The molecule has 0 spiro atoms. The molecule has 2 aromatic rings. The van der Waals surface area contributed by atoms with Crippen molar-refractivity contribution in [3.05, 3.63) is 47.8 Å². The normalized spacial score (nSPS) is 22.7. The van der Waals surface area contributed by atoms with Gasteiger partial charge in [0.15, 0.2) is 5.82 Å². The Hall–Kier alpha value is -1.78. The van der Waals surface area contributed by atoms with Crippen molar-refractivity contribution in [3.63, 3.8) is 0 Å². The summed E-state index contributed by atoms with van der Waals surface area (Å²) in [6, 6.07) is 8.56. The molecule has 4 rings (SSSR count). The predicted octanol–water partition coefficient (Wildman–Crippen LogP) is 2.68. The van der Waals surface area contributed by atoms with Gasteiger partial charge in [0.05, 0.1) is 0 Å². The lowest BCUT2D eigenvalue weighted by atomic mass is 9.98. The highest BCUT2D eigenvalue weighted by atomic mass is 35.5. The largest absolute Gasteiger partial charge is 0.285 e. The second kappa shape index (κ2) is 4.72. The van der Waals surface area contributed by atoms with E-state index in [1.165, 1.54) is 11.1 Å². The number of aliphatic imine (C=N–C) groups is 1. The van der Waals surface area contributed by atoms with E-state index in [0.717, 1.165) is 17.8 Å². The Balaban J connectivity index is 0.00000110. The van der Waals surface area contributed by atoms with Gasteiger partial charge in [0.2, 0.25) is 0 Å². The summed E-state index contributed by atoms with van der Waals surface area (Å²) in [5.41, 5.74) is 3.66. The Morgan fingerprint density at radius 3 is 2.79 bits per heavy atom. The molecule has 1 N–H and O–H groups in total. The molecule has 0 aliphatic carbocycles. The van der Waals surface area contributed by atoms with Crippen LogP contribution in [0.2, 0.25) is 0 Å². The van der Waals surface area contributed by atoms with Gasteiger partial charge in [-0.3, -0.25) is 10.3 Å². The van der Waals surface area contributed by atoms with E-state index >= 15 is 0 Å². The number of benzene rings is 1. The van der Waals surface area contributed by atoms with Crippen LogP contribution in [0, 0.1) is 0 Å². The van der Waals surface area contributed by atoms with Gasteiger partial charge in [-0.15, -0.1) is 12.4 Å². The molecule has 96 valence electrons. The number of rotatable bonds is 1. The number of nitrogens with one attached hydrogen (secondary N) is 1. The number of aromatic nitrogens is 2. The van der Waals surface area contributed by atoms with Crippen LogP contribution < -0.4 is 5.32 Å². The highest BCUT2D eigenvalue weighted by Crippen LogP contribution is 2.42. The number of hydrogen-bond donors (Lipinski definition) is 1. The summed E-state index contributed by atoms with van der Waals surface area (Å²) >= 11 is 0. The summed E-state index contributed by atoms with van der Waals surface area (Å²) in [7, 11) is 0. The second-order valence-electron chi connectivity index (χ2n) is 4.57. The van der Waals surface area contributed by atoms with Gasteiger partial charge in [0.1, 0.15) is 6.17 Å². The van der Waals surface area contributed by atoms with Crippen LogP contribution in [-0.2, 0) is 0 Å². The summed E-state index contributed by atoms with van der Waals surface area (Å²) in [6.07, 6.45) is 6.60. The first-order valence-electron chi connectivity index (χ1n) is 6.11. The number of fused-ring (bicyclic) bond motifs is 5. The molecule has 0 fully saturated rings. The molecule has 2 bridgehead atoms. The molecule has 4 nitrogen and oxygen atoms in total. The summed E-state index contributed by atoms with van der Waals surface area (Å²) in [5.74, 6) is 0.777. The number of halogens is 1. The van der Waals surface area contributed by atoms with Gasteiger partial charge in [0, 0.05) is 42.2 Å². The second-order valence-corrected chi connectivity index (χ2v) is 4.57. The Morgan fingerprint density at radius 2 is 1.95 bits per heavy atom. The highest BCUT2D eigenvalue weighted by Gasteiger charge is 2.34. The molecular formula is C14H13ClN4. The lowest BCUT2D eigenvalue weighted by molar-refractivity contribution is 0.500. The van der Waals surface area contributed by atoms with Crippen molar-refractivity contribution in [1.29, 1.82) is 0 Å². The molecule has 2 atom stereocenters. The highest BCUT2D eigenvalue weighted by molar-refractivity contribution is 5.85. The van der Waals surface area contributed by atoms with E-state index in [4.69, 9.17) is 0 Å². The quantitative estimate of drug-likeness (QED) is 0.868. The minimum absolute atomic E-state index is 0. The van der Waals surface area contributed by atoms with Crippen LogP contribution in [0.25, 0.3) is 11.4 Å². The van der Waals surface area contributed by atoms with Crippen molar-refractivity contribution < 1.29 is 0 Å². The summed E-state index contributed by atoms with van der Waals surface area (Å²) in [5, 5.41) is 3.51. The molecule has 5 heteroatoms. The SMILES string of the molecule is C1=NC2NC(C1)c1cccc(-c3ncccn3)c12.Cl. The van der Waals surface area contributed by atoms with Crippen molar-refractivity contribution in [3.8, 4) is 11.4 Å². The van der Waals surface area contributed by atoms with E-state index in [-0.39, 0.29) is 18.6 Å². The fourth-order valence-corrected chi connectivity index (χ4v) is 2.77. The first kappa shape index (κ1) is 12.3. The minimum atomic E-state index is 0. The Kier molecular flexibility index (Phi) is 3.05. The molecule has 0 saturated heterocycles. The molecular weight excluding hydrogens is 260 g/mol. The fourth-order valence-electron chi connectivity index (χ4n) is 2.77. The molecule has 1 aromatic heterocycles. The van der Waals surface area contributed by atoms with E-state index < -0.39 is 0 Å². The zero-order chi connectivity index (χ0) is 11.9. The zero-order valence-electron chi connectivity index (χ0n) is 10.2. The topological polar surface area (TPSA) is 50.2 Å². The molecule has 0 radical (unpaired) electrons. The lowest BCUT2D eigenvalue weighted by Gasteiger charge is -2.14. The van der Waals surface area contributed by atoms with Crippen molar-refractivity contribution >= 4 is 18.6 Å². The van der Waals surface area contributed by atoms with Crippen molar-refractivity contribution in [1.82, 2.24) is 15.3 Å². The number of nitrogens with zero attached hydrogens (tertiary/aromatic N) is 3. The van der Waals surface area contributed by atoms with Gasteiger partial charge in [-0.1, -0.05) is 18.2 Å². The molecule has 0 amide bonds. The van der Waals surface area contributed by atoms with E-state index in [1.54, 1.807) is 12.4 Å². The van der Waals surface area contributed by atoms with E-state index in [9.17, 15) is 0 Å². The third-order valence-corrected chi connectivity index (χ3v) is 3.55. The minimum Gasteiger partial charge on any atom is -0.285 e. The first-order valence-corrected chi connectivity index (χ1v) is 6.11. The summed E-state index contributed by atoms with van der Waals surface area (Å²) < 4.78 is 0. The Bertz CT molecular complexity index is 627. The fraction of sp³-hybridized carbons (Fsp3) is 0.214. The maximum Gasteiger partial charge on any atom is 0.159 e. The van der Waals surface area contributed by atoms with E-state index in [0.29, 0.717) is 6.04 Å². The molecule has 2 unspecified atom stereocenters. The summed E-state index contributed by atoms with van der Waals surface area (Å²) in [4.78, 5) is 13.2. The van der Waals surface area contributed by atoms with Crippen molar-refractivity contribution in [2.45, 2.75) is 18.6 Å². The van der Waals surface area contributed by atoms with Gasteiger partial charge < -0.3 is 0 Å². The third kappa shape index (κ3) is 1.84. The van der Waals surface area contributed by atoms with Crippen molar-refractivity contribution in [2.75, 3.05) is 0 Å². The average molecular weight is 273 g/mol.